The molecule has 2 heterocycles. The number of hydrogen-bond donors (Lipinski definition) is 0. The molecule has 0 radical (unpaired) electrons. The van der Waals surface area contributed by atoms with Gasteiger partial charge in [-0.25, -0.2) is 9.98 Å². The van der Waals surface area contributed by atoms with Crippen LogP contribution in [0.3, 0.4) is 0 Å². The van der Waals surface area contributed by atoms with Crippen molar-refractivity contribution < 1.29 is 4.74 Å². The number of nitrogens with zero attached hydrogens (tertiary/aromatic N) is 2. The molecule has 0 aromatic carbocycles. The molecule has 28 heavy (non-hydrogen) atoms. The lowest BCUT2D eigenvalue weighted by Crippen LogP contribution is -2.26. The molecular formula is C25H38N2O. The summed E-state index contributed by atoms with van der Waals surface area (Å²) in [6.07, 6.45) is 14.0. The Labute approximate surface area is 171 Å². The van der Waals surface area contributed by atoms with E-state index in [-0.39, 0.29) is 11.5 Å². The lowest BCUT2D eigenvalue weighted by molar-refractivity contribution is 0.199. The van der Waals surface area contributed by atoms with Gasteiger partial charge < -0.3 is 4.74 Å². The van der Waals surface area contributed by atoms with Crippen LogP contribution in [0.5, 0.6) is 0 Å². The third-order valence-electron chi connectivity index (χ3n) is 7.30. The minimum atomic E-state index is 0.131. The summed E-state index contributed by atoms with van der Waals surface area (Å²) >= 11 is 0. The Morgan fingerprint density at radius 2 is 1.50 bits per heavy atom. The van der Waals surface area contributed by atoms with Gasteiger partial charge in [0.15, 0.2) is 0 Å². The summed E-state index contributed by atoms with van der Waals surface area (Å²) in [6, 6.07) is 6.79. The Bertz CT molecular complexity index is 660. The van der Waals surface area contributed by atoms with E-state index in [0.717, 1.165) is 23.4 Å². The third kappa shape index (κ3) is 4.44. The Morgan fingerprint density at radius 3 is 2.04 bits per heavy atom. The summed E-state index contributed by atoms with van der Waals surface area (Å²) in [5.74, 6) is 3.01. The van der Waals surface area contributed by atoms with Crippen LogP contribution in [0.25, 0.3) is 0 Å². The standard InChI is InChI=1S/C25H38N2O/c1-25(2,3)22-17-28-24(27-22)21-16-10-15-20(26-21)23(18-11-6-4-7-12-18)19-13-8-5-9-14-19/h10,15-16,18-19,22-23H,4-9,11-14,17H2,1-3H3. The lowest BCUT2D eigenvalue weighted by Gasteiger charge is -2.37. The zero-order chi connectivity index (χ0) is 19.6. The Balaban J connectivity index is 1.61. The lowest BCUT2D eigenvalue weighted by atomic mass is 9.68. The first-order valence-corrected chi connectivity index (χ1v) is 11.7. The zero-order valence-corrected chi connectivity index (χ0v) is 18.1. The minimum Gasteiger partial charge on any atom is -0.474 e. The molecule has 0 N–H and O–H groups in total. The molecule has 4 rings (SSSR count). The van der Waals surface area contributed by atoms with Crippen LogP contribution in [0.1, 0.15) is 102 Å². The SMILES string of the molecule is CC(C)(C)C1COC(c2cccc(C(C3CCCCC3)C3CCCCC3)n2)=N1. The molecule has 1 unspecified atom stereocenters. The second-order valence-corrected chi connectivity index (χ2v) is 10.4. The van der Waals surface area contributed by atoms with E-state index in [4.69, 9.17) is 14.7 Å². The van der Waals surface area contributed by atoms with Gasteiger partial charge in [0.1, 0.15) is 12.3 Å². The highest BCUT2D eigenvalue weighted by Crippen LogP contribution is 2.45. The van der Waals surface area contributed by atoms with Gasteiger partial charge in [-0.15, -0.1) is 0 Å². The van der Waals surface area contributed by atoms with Gasteiger partial charge in [-0.2, -0.15) is 0 Å². The van der Waals surface area contributed by atoms with E-state index in [1.54, 1.807) is 0 Å². The first-order valence-electron chi connectivity index (χ1n) is 11.7. The van der Waals surface area contributed by atoms with E-state index < -0.39 is 0 Å². The van der Waals surface area contributed by atoms with Gasteiger partial charge in [-0.3, -0.25) is 0 Å². The molecule has 1 atom stereocenters. The maximum Gasteiger partial charge on any atom is 0.235 e. The van der Waals surface area contributed by atoms with E-state index in [1.807, 2.05) is 0 Å². The molecule has 1 aromatic rings. The fourth-order valence-corrected chi connectivity index (χ4v) is 5.57. The molecule has 0 saturated heterocycles. The van der Waals surface area contributed by atoms with Crippen LogP contribution in [0.2, 0.25) is 0 Å². The van der Waals surface area contributed by atoms with E-state index in [2.05, 4.69) is 39.0 Å². The van der Waals surface area contributed by atoms with Crippen molar-refractivity contribution in [3.63, 3.8) is 0 Å². The molecule has 154 valence electrons. The summed E-state index contributed by atoms with van der Waals surface area (Å²) < 4.78 is 5.99. The van der Waals surface area contributed by atoms with E-state index >= 15 is 0 Å². The molecule has 2 saturated carbocycles. The summed E-state index contributed by atoms with van der Waals surface area (Å²) in [4.78, 5) is 10.1. The predicted molar refractivity (Wildman–Crippen MR) is 116 cm³/mol. The summed E-state index contributed by atoms with van der Waals surface area (Å²) in [7, 11) is 0. The van der Waals surface area contributed by atoms with Crippen molar-refractivity contribution >= 4 is 5.90 Å². The van der Waals surface area contributed by atoms with Crippen LogP contribution < -0.4 is 0 Å². The average Bonchev–Trinajstić information content (AvgIpc) is 3.21. The topological polar surface area (TPSA) is 34.5 Å². The molecule has 1 aromatic heterocycles. The van der Waals surface area contributed by atoms with Crippen molar-refractivity contribution in [1.29, 1.82) is 0 Å². The predicted octanol–water partition coefficient (Wildman–Crippen LogP) is 6.52. The summed E-state index contributed by atoms with van der Waals surface area (Å²) in [6.45, 7) is 7.39. The van der Waals surface area contributed by atoms with Crippen LogP contribution in [0.15, 0.2) is 23.2 Å². The highest BCUT2D eigenvalue weighted by Gasteiger charge is 2.35. The normalized spacial score (nSPS) is 25.0. The van der Waals surface area contributed by atoms with Gasteiger partial charge >= 0.3 is 0 Å². The number of ether oxygens (including phenoxy) is 1. The monoisotopic (exact) mass is 382 g/mol. The van der Waals surface area contributed by atoms with Crippen molar-refractivity contribution in [2.45, 2.75) is 96.9 Å². The van der Waals surface area contributed by atoms with Crippen molar-refractivity contribution in [1.82, 2.24) is 4.98 Å². The van der Waals surface area contributed by atoms with E-state index in [9.17, 15) is 0 Å². The molecule has 1 aliphatic heterocycles. The maximum absolute atomic E-state index is 5.99. The molecule has 0 amide bonds. The first kappa shape index (κ1) is 19.9. The zero-order valence-electron chi connectivity index (χ0n) is 18.1. The molecular weight excluding hydrogens is 344 g/mol. The van der Waals surface area contributed by atoms with E-state index in [1.165, 1.54) is 69.9 Å². The van der Waals surface area contributed by atoms with Crippen molar-refractivity contribution in [2.24, 2.45) is 22.2 Å². The van der Waals surface area contributed by atoms with Gasteiger partial charge in [-0.1, -0.05) is 65.4 Å². The highest BCUT2D eigenvalue weighted by atomic mass is 16.5. The highest BCUT2D eigenvalue weighted by molar-refractivity contribution is 5.93. The maximum atomic E-state index is 5.99. The second-order valence-electron chi connectivity index (χ2n) is 10.4. The number of aromatic nitrogens is 1. The van der Waals surface area contributed by atoms with E-state index in [0.29, 0.717) is 12.5 Å². The second kappa shape index (κ2) is 8.55. The molecule has 2 aliphatic carbocycles. The number of aliphatic imine (C=N–C) groups is 1. The van der Waals surface area contributed by atoms with Gasteiger partial charge in [0.2, 0.25) is 5.90 Å². The fraction of sp³-hybridized carbons (Fsp3) is 0.760. The van der Waals surface area contributed by atoms with Crippen molar-refractivity contribution in [3.05, 3.63) is 29.6 Å². The largest absolute Gasteiger partial charge is 0.474 e. The number of hydrogen-bond acceptors (Lipinski definition) is 3. The number of rotatable bonds is 4. The fourth-order valence-electron chi connectivity index (χ4n) is 5.57. The van der Waals surface area contributed by atoms with Crippen LogP contribution in [-0.2, 0) is 4.74 Å². The smallest absolute Gasteiger partial charge is 0.235 e. The third-order valence-corrected chi connectivity index (χ3v) is 7.30. The van der Waals surface area contributed by atoms with Crippen LogP contribution in [0, 0.1) is 17.3 Å². The van der Waals surface area contributed by atoms with Gasteiger partial charge in [0.05, 0.1) is 6.04 Å². The number of pyridine rings is 1. The molecule has 0 spiro atoms. The van der Waals surface area contributed by atoms with Crippen LogP contribution in [-0.4, -0.2) is 23.5 Å². The summed E-state index contributed by atoms with van der Waals surface area (Å²) in [5.41, 5.74) is 2.38. The molecule has 0 bridgehead atoms. The van der Waals surface area contributed by atoms with Gasteiger partial charge in [0, 0.05) is 11.6 Å². The van der Waals surface area contributed by atoms with Crippen molar-refractivity contribution in [2.75, 3.05) is 6.61 Å². The van der Waals surface area contributed by atoms with Crippen LogP contribution in [0.4, 0.5) is 0 Å². The quantitative estimate of drug-likeness (QED) is 0.594. The Morgan fingerprint density at radius 1 is 0.893 bits per heavy atom. The average molecular weight is 383 g/mol. The first-order chi connectivity index (χ1) is 13.5. The Kier molecular flexibility index (Phi) is 6.08. The van der Waals surface area contributed by atoms with Gasteiger partial charge in [-0.05, 0) is 55.1 Å². The molecule has 3 nitrogen and oxygen atoms in total. The van der Waals surface area contributed by atoms with Crippen LogP contribution >= 0.6 is 0 Å². The molecule has 3 heteroatoms. The van der Waals surface area contributed by atoms with Crippen molar-refractivity contribution in [3.8, 4) is 0 Å². The molecule has 2 fully saturated rings. The minimum absolute atomic E-state index is 0.131. The summed E-state index contributed by atoms with van der Waals surface area (Å²) in [5, 5.41) is 0. The molecule has 3 aliphatic rings. The Hall–Kier alpha value is -1.38. The van der Waals surface area contributed by atoms with Gasteiger partial charge in [0.25, 0.3) is 0 Å².